The zero-order valence-electron chi connectivity index (χ0n) is 12.0. The second-order valence-corrected chi connectivity index (χ2v) is 5.93. The predicted octanol–water partition coefficient (Wildman–Crippen LogP) is 2.80. The van der Waals surface area contributed by atoms with Gasteiger partial charge in [0.05, 0.1) is 10.9 Å². The van der Waals surface area contributed by atoms with Gasteiger partial charge in [-0.05, 0) is 26.0 Å². The number of nitrogens with zero attached hydrogens (tertiary/aromatic N) is 3. The minimum atomic E-state index is -1.11. The second-order valence-electron chi connectivity index (χ2n) is 5.07. The number of carboxylic acid groups (broad SMARTS) is 1. The van der Waals surface area contributed by atoms with E-state index in [1.165, 1.54) is 9.95 Å². The largest absolute Gasteiger partial charge is 0.478 e. The number of rotatable bonds is 3. The van der Waals surface area contributed by atoms with E-state index in [1.54, 1.807) is 24.5 Å². The molecule has 0 saturated carbocycles. The highest BCUT2D eigenvalue weighted by atomic mass is 32.1. The molecular formula is C15H13N3O3S. The van der Waals surface area contributed by atoms with Crippen LogP contribution in [0.1, 0.15) is 30.2 Å². The lowest BCUT2D eigenvalue weighted by Gasteiger charge is -2.15. The van der Waals surface area contributed by atoms with Gasteiger partial charge in [0, 0.05) is 29.4 Å². The van der Waals surface area contributed by atoms with E-state index in [4.69, 9.17) is 0 Å². The molecule has 0 atom stereocenters. The molecule has 0 spiro atoms. The van der Waals surface area contributed by atoms with Gasteiger partial charge in [-0.25, -0.2) is 9.78 Å². The van der Waals surface area contributed by atoms with Crippen LogP contribution in [0.5, 0.6) is 0 Å². The SMILES string of the molecule is CC(C)n1c(-c2ccncc2)nc2scc(C(=O)O)c2c1=O. The Labute approximate surface area is 129 Å². The van der Waals surface area contributed by atoms with Crippen molar-refractivity contribution < 1.29 is 9.90 Å². The summed E-state index contributed by atoms with van der Waals surface area (Å²) >= 11 is 1.16. The highest BCUT2D eigenvalue weighted by Crippen LogP contribution is 2.26. The van der Waals surface area contributed by atoms with Crippen molar-refractivity contribution in [3.8, 4) is 11.4 Å². The summed E-state index contributed by atoms with van der Waals surface area (Å²) in [6.07, 6.45) is 3.26. The summed E-state index contributed by atoms with van der Waals surface area (Å²) < 4.78 is 1.52. The Kier molecular flexibility index (Phi) is 3.50. The summed E-state index contributed by atoms with van der Waals surface area (Å²) in [4.78, 5) is 33.0. The van der Waals surface area contributed by atoms with Crippen molar-refractivity contribution >= 4 is 27.5 Å². The molecule has 0 aromatic carbocycles. The summed E-state index contributed by atoms with van der Waals surface area (Å²) in [7, 11) is 0. The highest BCUT2D eigenvalue weighted by molar-refractivity contribution is 7.17. The van der Waals surface area contributed by atoms with Gasteiger partial charge in [-0.3, -0.25) is 14.3 Å². The van der Waals surface area contributed by atoms with Gasteiger partial charge in [0.1, 0.15) is 10.7 Å². The van der Waals surface area contributed by atoms with Crippen LogP contribution in [-0.2, 0) is 0 Å². The predicted molar refractivity (Wildman–Crippen MR) is 84.5 cm³/mol. The van der Waals surface area contributed by atoms with E-state index in [0.29, 0.717) is 10.7 Å². The van der Waals surface area contributed by atoms with Crippen molar-refractivity contribution in [3.63, 3.8) is 0 Å². The minimum absolute atomic E-state index is 0.00757. The van der Waals surface area contributed by atoms with Crippen LogP contribution in [-0.4, -0.2) is 25.6 Å². The summed E-state index contributed by atoms with van der Waals surface area (Å²) in [6.45, 7) is 3.73. The first-order chi connectivity index (χ1) is 10.5. The fourth-order valence-corrected chi connectivity index (χ4v) is 3.25. The van der Waals surface area contributed by atoms with Crippen LogP contribution in [0.4, 0.5) is 0 Å². The molecule has 3 aromatic heterocycles. The maximum Gasteiger partial charge on any atom is 0.337 e. The molecule has 0 aliphatic rings. The van der Waals surface area contributed by atoms with Crippen molar-refractivity contribution in [3.05, 3.63) is 45.8 Å². The molecule has 3 aromatic rings. The topological polar surface area (TPSA) is 85.1 Å². The van der Waals surface area contributed by atoms with Gasteiger partial charge in [-0.15, -0.1) is 11.3 Å². The van der Waals surface area contributed by atoms with Gasteiger partial charge in [-0.2, -0.15) is 0 Å². The monoisotopic (exact) mass is 315 g/mol. The summed E-state index contributed by atoms with van der Waals surface area (Å²) in [5, 5.41) is 10.9. The van der Waals surface area contributed by atoms with Crippen molar-refractivity contribution in [1.82, 2.24) is 14.5 Å². The van der Waals surface area contributed by atoms with Crippen LogP contribution >= 0.6 is 11.3 Å². The fraction of sp³-hybridized carbons (Fsp3) is 0.200. The Bertz CT molecular complexity index is 913. The molecule has 0 aliphatic heterocycles. The van der Waals surface area contributed by atoms with Gasteiger partial charge >= 0.3 is 5.97 Å². The minimum Gasteiger partial charge on any atom is -0.478 e. The molecule has 0 unspecified atom stereocenters. The number of aromatic carboxylic acids is 1. The molecule has 3 rings (SSSR count). The Morgan fingerprint density at radius 3 is 2.59 bits per heavy atom. The number of aromatic nitrogens is 3. The molecule has 0 fully saturated rings. The van der Waals surface area contributed by atoms with Gasteiger partial charge in [0.2, 0.25) is 0 Å². The van der Waals surface area contributed by atoms with Crippen molar-refractivity contribution in [1.29, 1.82) is 0 Å². The summed E-state index contributed by atoms with van der Waals surface area (Å²) in [5.41, 5.74) is 0.451. The third-order valence-electron chi connectivity index (χ3n) is 3.33. The van der Waals surface area contributed by atoms with Crippen LogP contribution in [0, 0.1) is 0 Å². The lowest BCUT2D eigenvalue weighted by molar-refractivity contribution is 0.0699. The van der Waals surface area contributed by atoms with E-state index in [-0.39, 0.29) is 22.6 Å². The number of carbonyl (C=O) groups is 1. The number of pyridine rings is 1. The zero-order valence-corrected chi connectivity index (χ0v) is 12.8. The average molecular weight is 315 g/mol. The van der Waals surface area contributed by atoms with E-state index < -0.39 is 5.97 Å². The fourth-order valence-electron chi connectivity index (χ4n) is 2.34. The van der Waals surface area contributed by atoms with Crippen LogP contribution < -0.4 is 5.56 Å². The average Bonchev–Trinajstić information content (AvgIpc) is 2.92. The molecule has 0 radical (unpaired) electrons. The standard InChI is InChI=1S/C15H13N3O3S/c1-8(2)18-12(9-3-5-16-6-4-9)17-13-11(14(18)19)10(7-22-13)15(20)21/h3-8H,1-2H3,(H,20,21). The Morgan fingerprint density at radius 2 is 2.00 bits per heavy atom. The second kappa shape index (κ2) is 5.34. The molecular weight excluding hydrogens is 302 g/mol. The van der Waals surface area contributed by atoms with Gasteiger partial charge in [-0.1, -0.05) is 0 Å². The quantitative estimate of drug-likeness (QED) is 0.803. The smallest absolute Gasteiger partial charge is 0.337 e. The molecule has 0 aliphatic carbocycles. The van der Waals surface area contributed by atoms with Gasteiger partial charge in [0.25, 0.3) is 5.56 Å². The van der Waals surface area contributed by atoms with Crippen molar-refractivity contribution in [2.75, 3.05) is 0 Å². The number of fused-ring (bicyclic) bond motifs is 1. The lowest BCUT2D eigenvalue weighted by atomic mass is 10.2. The molecule has 3 heterocycles. The maximum absolute atomic E-state index is 12.8. The molecule has 0 amide bonds. The van der Waals surface area contributed by atoms with E-state index >= 15 is 0 Å². The Hall–Kier alpha value is -2.54. The van der Waals surface area contributed by atoms with Gasteiger partial charge in [0.15, 0.2) is 0 Å². The van der Waals surface area contributed by atoms with E-state index in [1.807, 2.05) is 13.8 Å². The van der Waals surface area contributed by atoms with Gasteiger partial charge < -0.3 is 5.11 Å². The van der Waals surface area contributed by atoms with Crippen molar-refractivity contribution in [2.24, 2.45) is 0 Å². The number of hydrogen-bond acceptors (Lipinski definition) is 5. The van der Waals surface area contributed by atoms with Crippen LogP contribution in [0.25, 0.3) is 21.6 Å². The molecule has 0 bridgehead atoms. The molecule has 1 N–H and O–H groups in total. The molecule has 7 heteroatoms. The molecule has 6 nitrogen and oxygen atoms in total. The number of hydrogen-bond donors (Lipinski definition) is 1. The third kappa shape index (κ3) is 2.19. The Morgan fingerprint density at radius 1 is 1.32 bits per heavy atom. The normalized spacial score (nSPS) is 11.2. The number of carboxylic acids is 1. The molecule has 0 saturated heterocycles. The molecule has 112 valence electrons. The first kappa shape index (κ1) is 14.4. The van der Waals surface area contributed by atoms with E-state index in [9.17, 15) is 14.7 Å². The van der Waals surface area contributed by atoms with Crippen molar-refractivity contribution in [2.45, 2.75) is 19.9 Å². The summed E-state index contributed by atoms with van der Waals surface area (Å²) in [5.74, 6) is -0.592. The Balaban J connectivity index is 2.42. The number of thiophene rings is 1. The zero-order chi connectivity index (χ0) is 15.9. The van der Waals surface area contributed by atoms with Crippen LogP contribution in [0.3, 0.4) is 0 Å². The van der Waals surface area contributed by atoms with E-state index in [0.717, 1.165) is 16.9 Å². The third-order valence-corrected chi connectivity index (χ3v) is 4.20. The first-order valence-electron chi connectivity index (χ1n) is 6.68. The highest BCUT2D eigenvalue weighted by Gasteiger charge is 2.21. The summed E-state index contributed by atoms with van der Waals surface area (Å²) in [6, 6.07) is 3.41. The maximum atomic E-state index is 12.8. The van der Waals surface area contributed by atoms with Crippen LogP contribution in [0.2, 0.25) is 0 Å². The first-order valence-corrected chi connectivity index (χ1v) is 7.56. The van der Waals surface area contributed by atoms with Crippen LogP contribution in [0.15, 0.2) is 34.7 Å². The molecule has 22 heavy (non-hydrogen) atoms. The van der Waals surface area contributed by atoms with E-state index in [2.05, 4.69) is 9.97 Å². The lowest BCUT2D eigenvalue weighted by Crippen LogP contribution is -2.25.